The molecule has 0 aromatic carbocycles. The molecule has 4 N–H and O–H groups in total. The molecule has 0 bridgehead atoms. The highest BCUT2D eigenvalue weighted by atomic mass is 16.4. The second-order valence-corrected chi connectivity index (χ2v) is 4.32. The number of hydrogen-bond acceptors (Lipinski definition) is 5. The monoisotopic (exact) mass is 287 g/mol. The van der Waals surface area contributed by atoms with Crippen molar-refractivity contribution in [2.24, 2.45) is 0 Å². The number of urea groups is 1. The van der Waals surface area contributed by atoms with Crippen molar-refractivity contribution in [1.82, 2.24) is 15.5 Å². The molecule has 0 spiro atoms. The highest BCUT2D eigenvalue weighted by Gasteiger charge is 2.36. The van der Waals surface area contributed by atoms with Gasteiger partial charge in [-0.05, 0) is 6.42 Å². The number of amides is 4. The van der Waals surface area contributed by atoms with E-state index in [0.717, 1.165) is 4.90 Å². The molecule has 0 aromatic rings. The van der Waals surface area contributed by atoms with Gasteiger partial charge < -0.3 is 20.4 Å². The highest BCUT2D eigenvalue weighted by molar-refractivity contribution is 6.04. The molecular formula is C11H17N3O6. The summed E-state index contributed by atoms with van der Waals surface area (Å²) >= 11 is 0. The topological polar surface area (TPSA) is 136 Å². The summed E-state index contributed by atoms with van der Waals surface area (Å²) in [7, 11) is 0. The third-order valence-electron chi connectivity index (χ3n) is 2.92. The van der Waals surface area contributed by atoms with Crippen molar-refractivity contribution in [2.45, 2.75) is 31.8 Å². The first-order valence-corrected chi connectivity index (χ1v) is 6.15. The summed E-state index contributed by atoms with van der Waals surface area (Å²) < 4.78 is 0. The standard InChI is InChI=1S/C11H17N3O6/c1-2-7-9(17)13-8(16)5-14(7)11(20)12-6(3-4-15)10(18)19/h6-7,15H,2-5H2,1H3,(H,12,20)(H,18,19)(H,13,16,17)/t6-,7?/m0/s1. The molecule has 0 aliphatic carbocycles. The largest absolute Gasteiger partial charge is 0.480 e. The molecule has 1 unspecified atom stereocenters. The van der Waals surface area contributed by atoms with Gasteiger partial charge in [-0.15, -0.1) is 0 Å². The minimum atomic E-state index is -1.30. The van der Waals surface area contributed by atoms with Crippen LogP contribution in [0.25, 0.3) is 0 Å². The SMILES string of the molecule is CCC1C(=O)NC(=O)CN1C(=O)N[C@@H](CCO)C(=O)O. The van der Waals surface area contributed by atoms with E-state index < -0.39 is 42.5 Å². The van der Waals surface area contributed by atoms with Crippen LogP contribution in [-0.2, 0) is 14.4 Å². The van der Waals surface area contributed by atoms with E-state index in [1.165, 1.54) is 0 Å². The molecule has 1 rings (SSSR count). The van der Waals surface area contributed by atoms with Crippen LogP contribution in [0, 0.1) is 0 Å². The first kappa shape index (κ1) is 15.9. The molecule has 20 heavy (non-hydrogen) atoms. The molecule has 112 valence electrons. The maximum Gasteiger partial charge on any atom is 0.326 e. The lowest BCUT2D eigenvalue weighted by Crippen LogP contribution is -2.62. The van der Waals surface area contributed by atoms with Crippen LogP contribution in [0.5, 0.6) is 0 Å². The minimum absolute atomic E-state index is 0.161. The molecule has 4 amide bonds. The Morgan fingerprint density at radius 3 is 2.65 bits per heavy atom. The fraction of sp³-hybridized carbons (Fsp3) is 0.636. The number of aliphatic hydroxyl groups excluding tert-OH is 1. The molecule has 9 heteroatoms. The number of hydrogen-bond donors (Lipinski definition) is 4. The quantitative estimate of drug-likeness (QED) is 0.443. The maximum atomic E-state index is 12.0. The van der Waals surface area contributed by atoms with Crippen molar-refractivity contribution in [3.63, 3.8) is 0 Å². The van der Waals surface area contributed by atoms with E-state index in [9.17, 15) is 19.2 Å². The average molecular weight is 287 g/mol. The number of carboxylic acid groups (broad SMARTS) is 1. The van der Waals surface area contributed by atoms with Crippen LogP contribution in [0.4, 0.5) is 4.79 Å². The summed E-state index contributed by atoms with van der Waals surface area (Å²) in [5.74, 6) is -2.51. The number of aliphatic hydroxyl groups is 1. The van der Waals surface area contributed by atoms with Crippen LogP contribution in [0.3, 0.4) is 0 Å². The first-order valence-electron chi connectivity index (χ1n) is 6.15. The van der Waals surface area contributed by atoms with Gasteiger partial charge in [0.25, 0.3) is 0 Å². The lowest BCUT2D eigenvalue weighted by atomic mass is 10.1. The van der Waals surface area contributed by atoms with Gasteiger partial charge in [0.15, 0.2) is 0 Å². The fourth-order valence-corrected chi connectivity index (χ4v) is 1.90. The number of carbonyl (C=O) groups excluding carboxylic acids is 3. The second kappa shape index (κ2) is 6.85. The molecule has 1 saturated heterocycles. The number of piperazine rings is 1. The summed E-state index contributed by atoms with van der Waals surface area (Å²) in [5, 5.41) is 21.9. The van der Waals surface area contributed by atoms with E-state index >= 15 is 0 Å². The van der Waals surface area contributed by atoms with E-state index in [1.54, 1.807) is 6.92 Å². The van der Waals surface area contributed by atoms with E-state index in [0.29, 0.717) is 6.42 Å². The van der Waals surface area contributed by atoms with Crippen molar-refractivity contribution in [1.29, 1.82) is 0 Å². The third-order valence-corrected chi connectivity index (χ3v) is 2.92. The predicted molar refractivity (Wildman–Crippen MR) is 65.6 cm³/mol. The van der Waals surface area contributed by atoms with E-state index in [2.05, 4.69) is 10.6 Å². The Kier molecular flexibility index (Phi) is 5.44. The Morgan fingerprint density at radius 2 is 2.15 bits per heavy atom. The van der Waals surface area contributed by atoms with Crippen molar-refractivity contribution in [3.05, 3.63) is 0 Å². The summed E-state index contributed by atoms with van der Waals surface area (Å²) in [6.07, 6.45) is 0.135. The third kappa shape index (κ3) is 3.67. The Hall–Kier alpha value is -2.16. The molecule has 1 fully saturated rings. The molecule has 1 aliphatic heterocycles. The smallest absolute Gasteiger partial charge is 0.326 e. The van der Waals surface area contributed by atoms with Crippen LogP contribution in [0.15, 0.2) is 0 Å². The van der Waals surface area contributed by atoms with Gasteiger partial charge in [-0.3, -0.25) is 14.9 Å². The van der Waals surface area contributed by atoms with Gasteiger partial charge in [-0.2, -0.15) is 0 Å². The van der Waals surface area contributed by atoms with Gasteiger partial charge in [-0.25, -0.2) is 9.59 Å². The van der Waals surface area contributed by atoms with Crippen LogP contribution in [-0.4, -0.2) is 64.2 Å². The predicted octanol–water partition coefficient (Wildman–Crippen LogP) is -1.73. The van der Waals surface area contributed by atoms with Crippen molar-refractivity contribution in [3.8, 4) is 0 Å². The zero-order valence-corrected chi connectivity index (χ0v) is 11.0. The van der Waals surface area contributed by atoms with Gasteiger partial charge in [0.2, 0.25) is 11.8 Å². The molecule has 9 nitrogen and oxygen atoms in total. The van der Waals surface area contributed by atoms with Gasteiger partial charge in [0.1, 0.15) is 18.6 Å². The number of aliphatic carboxylic acids is 1. The lowest BCUT2D eigenvalue weighted by molar-refractivity contribution is -0.139. The van der Waals surface area contributed by atoms with Crippen LogP contribution in [0.2, 0.25) is 0 Å². The molecular weight excluding hydrogens is 270 g/mol. The average Bonchev–Trinajstić information content (AvgIpc) is 2.37. The summed E-state index contributed by atoms with van der Waals surface area (Å²) in [5.41, 5.74) is 0. The Balaban J connectivity index is 2.79. The number of imide groups is 1. The maximum absolute atomic E-state index is 12.0. The Bertz CT molecular complexity index is 424. The second-order valence-electron chi connectivity index (χ2n) is 4.32. The molecule has 0 aromatic heterocycles. The van der Waals surface area contributed by atoms with Gasteiger partial charge >= 0.3 is 12.0 Å². The number of rotatable bonds is 5. The Labute approximate surface area is 114 Å². The van der Waals surface area contributed by atoms with Gasteiger partial charge in [-0.1, -0.05) is 6.92 Å². The summed E-state index contributed by atoms with van der Waals surface area (Å²) in [6, 6.07) is -2.91. The van der Waals surface area contributed by atoms with E-state index in [4.69, 9.17) is 10.2 Å². The van der Waals surface area contributed by atoms with E-state index in [1.807, 2.05) is 0 Å². The number of carboxylic acids is 1. The summed E-state index contributed by atoms with van der Waals surface area (Å²) in [6.45, 7) is 0.943. The molecule has 2 atom stereocenters. The zero-order chi connectivity index (χ0) is 15.3. The highest BCUT2D eigenvalue weighted by Crippen LogP contribution is 2.10. The minimum Gasteiger partial charge on any atom is -0.480 e. The van der Waals surface area contributed by atoms with Crippen LogP contribution >= 0.6 is 0 Å². The lowest BCUT2D eigenvalue weighted by Gasteiger charge is -2.34. The van der Waals surface area contributed by atoms with Crippen molar-refractivity contribution in [2.75, 3.05) is 13.2 Å². The van der Waals surface area contributed by atoms with E-state index in [-0.39, 0.29) is 13.0 Å². The van der Waals surface area contributed by atoms with Gasteiger partial charge in [0, 0.05) is 13.0 Å². The summed E-state index contributed by atoms with van der Waals surface area (Å²) in [4.78, 5) is 46.7. The fourth-order valence-electron chi connectivity index (χ4n) is 1.90. The molecule has 1 heterocycles. The molecule has 0 saturated carbocycles. The van der Waals surface area contributed by atoms with Crippen molar-refractivity contribution >= 4 is 23.8 Å². The Morgan fingerprint density at radius 1 is 1.50 bits per heavy atom. The molecule has 0 radical (unpaired) electrons. The number of nitrogens with zero attached hydrogens (tertiary/aromatic N) is 1. The number of nitrogens with one attached hydrogen (secondary N) is 2. The first-order chi connectivity index (χ1) is 9.40. The van der Waals surface area contributed by atoms with Gasteiger partial charge in [0.05, 0.1) is 0 Å². The van der Waals surface area contributed by atoms with Crippen LogP contribution in [0.1, 0.15) is 19.8 Å². The zero-order valence-electron chi connectivity index (χ0n) is 11.0. The normalized spacial score (nSPS) is 20.3. The molecule has 1 aliphatic rings. The number of carbonyl (C=O) groups is 4. The van der Waals surface area contributed by atoms with Crippen LogP contribution < -0.4 is 10.6 Å². The van der Waals surface area contributed by atoms with Crippen molar-refractivity contribution < 1.29 is 29.4 Å².